The molecule has 0 bridgehead atoms. The molecule has 8 nitrogen and oxygen atoms in total. The van der Waals surface area contributed by atoms with Crippen molar-refractivity contribution >= 4 is 22.2 Å². The lowest BCUT2D eigenvalue weighted by atomic mass is 10.3. The number of aromatic nitrogens is 6. The Hall–Kier alpha value is -3.16. The van der Waals surface area contributed by atoms with Crippen LogP contribution in [0.5, 0.6) is 0 Å². The molecule has 0 atom stereocenters. The highest BCUT2D eigenvalue weighted by molar-refractivity contribution is 5.80. The monoisotopic (exact) mass is 268 g/mol. The van der Waals surface area contributed by atoms with Gasteiger partial charge in [0.1, 0.15) is 5.52 Å². The van der Waals surface area contributed by atoms with Gasteiger partial charge in [-0.05, 0) is 12.1 Å². The molecule has 0 saturated heterocycles. The van der Waals surface area contributed by atoms with E-state index in [1.165, 1.54) is 0 Å². The standard InChI is InChI=1S/C12H8N6O2/c19-11-7-8(17-12(20)18-11)16-10(15-7)9-13-5-3-1-2-4-6(5)14-9/h1-4H,(H,13,14)(H3,15,16,17,18,19,20). The van der Waals surface area contributed by atoms with Crippen LogP contribution in [0, 0.1) is 0 Å². The smallest absolute Gasteiger partial charge is 0.327 e. The van der Waals surface area contributed by atoms with Crippen LogP contribution in [-0.2, 0) is 0 Å². The molecular formula is C12H8N6O2. The lowest BCUT2D eigenvalue weighted by molar-refractivity contribution is 1.07. The Kier molecular flexibility index (Phi) is 1.97. The lowest BCUT2D eigenvalue weighted by Gasteiger charge is -1.86. The molecule has 98 valence electrons. The van der Waals surface area contributed by atoms with Crippen molar-refractivity contribution in [2.45, 2.75) is 0 Å². The molecule has 0 radical (unpaired) electrons. The molecule has 0 aliphatic rings. The molecule has 0 aliphatic heterocycles. The first-order valence-corrected chi connectivity index (χ1v) is 5.88. The zero-order valence-corrected chi connectivity index (χ0v) is 10.0. The first-order chi connectivity index (χ1) is 9.70. The van der Waals surface area contributed by atoms with Crippen LogP contribution >= 0.6 is 0 Å². The summed E-state index contributed by atoms with van der Waals surface area (Å²) in [6.45, 7) is 0. The van der Waals surface area contributed by atoms with Gasteiger partial charge in [-0.3, -0.25) is 14.8 Å². The van der Waals surface area contributed by atoms with E-state index in [9.17, 15) is 9.59 Å². The Morgan fingerprint density at radius 1 is 0.850 bits per heavy atom. The Labute approximate surface area is 109 Å². The van der Waals surface area contributed by atoms with Crippen LogP contribution in [-0.4, -0.2) is 29.9 Å². The van der Waals surface area contributed by atoms with Gasteiger partial charge >= 0.3 is 5.69 Å². The fourth-order valence-corrected chi connectivity index (χ4v) is 2.11. The van der Waals surface area contributed by atoms with Crippen molar-refractivity contribution in [2.75, 3.05) is 0 Å². The average molecular weight is 268 g/mol. The van der Waals surface area contributed by atoms with E-state index >= 15 is 0 Å². The summed E-state index contributed by atoms with van der Waals surface area (Å²) >= 11 is 0. The van der Waals surface area contributed by atoms with Gasteiger partial charge in [0.25, 0.3) is 5.56 Å². The van der Waals surface area contributed by atoms with Crippen molar-refractivity contribution in [3.05, 3.63) is 45.1 Å². The SMILES string of the molecule is O=c1[nH]c(=O)c2[nH]c(-c3nc4ccccc4[nH]3)nc2[nH]1. The van der Waals surface area contributed by atoms with Crippen molar-refractivity contribution in [1.29, 1.82) is 0 Å². The molecule has 0 fully saturated rings. The number of hydrogen-bond donors (Lipinski definition) is 4. The van der Waals surface area contributed by atoms with E-state index in [4.69, 9.17) is 0 Å². The molecule has 4 aromatic rings. The van der Waals surface area contributed by atoms with Gasteiger partial charge in [-0.15, -0.1) is 0 Å². The minimum Gasteiger partial charge on any atom is -0.335 e. The number of para-hydroxylation sites is 2. The van der Waals surface area contributed by atoms with E-state index in [1.54, 1.807) is 0 Å². The second-order valence-electron chi connectivity index (χ2n) is 4.32. The largest absolute Gasteiger partial charge is 0.335 e. The van der Waals surface area contributed by atoms with Crippen molar-refractivity contribution in [1.82, 2.24) is 29.9 Å². The van der Waals surface area contributed by atoms with Crippen LogP contribution in [0.2, 0.25) is 0 Å². The lowest BCUT2D eigenvalue weighted by Crippen LogP contribution is -2.21. The first kappa shape index (κ1) is 10.7. The molecule has 20 heavy (non-hydrogen) atoms. The molecular weight excluding hydrogens is 260 g/mol. The fraction of sp³-hybridized carbons (Fsp3) is 0. The predicted octanol–water partition coefficient (Wildman–Crippen LogP) is 0.483. The number of nitrogens with zero attached hydrogens (tertiary/aromatic N) is 2. The average Bonchev–Trinajstić information content (AvgIpc) is 3.01. The summed E-state index contributed by atoms with van der Waals surface area (Å²) in [7, 11) is 0. The molecule has 0 aliphatic carbocycles. The number of rotatable bonds is 1. The fourth-order valence-electron chi connectivity index (χ4n) is 2.11. The molecule has 0 amide bonds. The van der Waals surface area contributed by atoms with Gasteiger partial charge in [-0.1, -0.05) is 12.1 Å². The van der Waals surface area contributed by atoms with E-state index in [1.807, 2.05) is 24.3 Å². The third kappa shape index (κ3) is 1.48. The number of aromatic amines is 4. The summed E-state index contributed by atoms with van der Waals surface area (Å²) in [4.78, 5) is 41.9. The molecule has 0 saturated carbocycles. The van der Waals surface area contributed by atoms with Crippen LogP contribution in [0.25, 0.3) is 33.8 Å². The van der Waals surface area contributed by atoms with E-state index in [-0.39, 0.29) is 11.2 Å². The van der Waals surface area contributed by atoms with Crippen molar-refractivity contribution in [3.8, 4) is 11.6 Å². The number of H-pyrrole nitrogens is 4. The summed E-state index contributed by atoms with van der Waals surface area (Å²) in [6, 6.07) is 7.54. The van der Waals surface area contributed by atoms with E-state index in [0.717, 1.165) is 11.0 Å². The Morgan fingerprint density at radius 3 is 2.50 bits per heavy atom. The number of fused-ring (bicyclic) bond motifs is 2. The van der Waals surface area contributed by atoms with Crippen LogP contribution in [0.3, 0.4) is 0 Å². The van der Waals surface area contributed by atoms with E-state index in [2.05, 4.69) is 29.9 Å². The minimum absolute atomic E-state index is 0.203. The van der Waals surface area contributed by atoms with Crippen LogP contribution in [0.1, 0.15) is 0 Å². The second-order valence-corrected chi connectivity index (χ2v) is 4.32. The second kappa shape index (κ2) is 3.67. The van der Waals surface area contributed by atoms with Crippen LogP contribution in [0.4, 0.5) is 0 Å². The van der Waals surface area contributed by atoms with E-state index < -0.39 is 11.2 Å². The summed E-state index contributed by atoms with van der Waals surface area (Å²) < 4.78 is 0. The summed E-state index contributed by atoms with van der Waals surface area (Å²) in [5.74, 6) is 0.895. The quantitative estimate of drug-likeness (QED) is 0.401. The number of imidazole rings is 2. The van der Waals surface area contributed by atoms with Crippen molar-refractivity contribution in [3.63, 3.8) is 0 Å². The van der Waals surface area contributed by atoms with Crippen LogP contribution < -0.4 is 11.2 Å². The number of benzene rings is 1. The molecule has 3 aromatic heterocycles. The zero-order valence-electron chi connectivity index (χ0n) is 10.0. The predicted molar refractivity (Wildman–Crippen MR) is 72.4 cm³/mol. The Bertz CT molecular complexity index is 1020. The third-order valence-electron chi connectivity index (χ3n) is 3.00. The summed E-state index contributed by atoms with van der Waals surface area (Å²) in [5, 5.41) is 0. The topological polar surface area (TPSA) is 123 Å². The van der Waals surface area contributed by atoms with Crippen molar-refractivity contribution in [2.24, 2.45) is 0 Å². The minimum atomic E-state index is -0.592. The van der Waals surface area contributed by atoms with Gasteiger partial charge in [-0.25, -0.2) is 14.8 Å². The number of hydrogen-bond acceptors (Lipinski definition) is 4. The maximum Gasteiger partial charge on any atom is 0.327 e. The maximum atomic E-state index is 11.6. The highest BCUT2D eigenvalue weighted by atomic mass is 16.2. The Morgan fingerprint density at radius 2 is 1.65 bits per heavy atom. The van der Waals surface area contributed by atoms with Gasteiger partial charge < -0.3 is 9.97 Å². The number of nitrogens with one attached hydrogen (secondary N) is 4. The van der Waals surface area contributed by atoms with Crippen molar-refractivity contribution < 1.29 is 0 Å². The maximum absolute atomic E-state index is 11.6. The highest BCUT2D eigenvalue weighted by Gasteiger charge is 2.12. The normalized spacial score (nSPS) is 11.4. The van der Waals surface area contributed by atoms with Gasteiger partial charge in [0, 0.05) is 0 Å². The first-order valence-electron chi connectivity index (χ1n) is 5.88. The van der Waals surface area contributed by atoms with Gasteiger partial charge in [0.2, 0.25) is 0 Å². The zero-order chi connectivity index (χ0) is 13.7. The van der Waals surface area contributed by atoms with Gasteiger partial charge in [0.15, 0.2) is 17.3 Å². The molecule has 0 unspecified atom stereocenters. The third-order valence-corrected chi connectivity index (χ3v) is 3.00. The molecule has 1 aromatic carbocycles. The summed E-state index contributed by atoms with van der Waals surface area (Å²) in [5.41, 5.74) is 0.966. The van der Waals surface area contributed by atoms with Crippen LogP contribution in [0.15, 0.2) is 33.9 Å². The molecule has 0 spiro atoms. The molecule has 3 heterocycles. The van der Waals surface area contributed by atoms with E-state index in [0.29, 0.717) is 11.6 Å². The molecule has 4 N–H and O–H groups in total. The van der Waals surface area contributed by atoms with Gasteiger partial charge in [0.05, 0.1) is 11.0 Å². The molecule has 4 rings (SSSR count). The Balaban J connectivity index is 2.00. The molecule has 8 heteroatoms. The summed E-state index contributed by atoms with van der Waals surface area (Å²) in [6.07, 6.45) is 0. The highest BCUT2D eigenvalue weighted by Crippen LogP contribution is 2.18. The van der Waals surface area contributed by atoms with Gasteiger partial charge in [-0.2, -0.15) is 0 Å².